The van der Waals surface area contributed by atoms with Crippen LogP contribution in [0.1, 0.15) is 45.1 Å². The van der Waals surface area contributed by atoms with Gasteiger partial charge in [0.05, 0.1) is 5.54 Å². The predicted octanol–water partition coefficient (Wildman–Crippen LogP) is 3.80. The number of hydrogen-bond donors (Lipinski definition) is 0. The first-order valence-corrected chi connectivity index (χ1v) is 8.36. The summed E-state index contributed by atoms with van der Waals surface area (Å²) in [6, 6.07) is 10.0. The van der Waals surface area contributed by atoms with Gasteiger partial charge < -0.3 is 4.90 Å². The Kier molecular flexibility index (Phi) is 4.20. The number of ketones is 1. The molecule has 0 N–H and O–H groups in total. The SMILES string of the molecule is CCCC1=CC2(C=C(C)C1=O)CCC(=O)N2Cc1ccccc1. The summed E-state index contributed by atoms with van der Waals surface area (Å²) in [5, 5.41) is 0. The largest absolute Gasteiger partial charge is 0.326 e. The first kappa shape index (κ1) is 15.7. The van der Waals surface area contributed by atoms with Crippen LogP contribution in [0.25, 0.3) is 0 Å². The van der Waals surface area contributed by atoms with E-state index in [-0.39, 0.29) is 11.7 Å². The maximum atomic E-state index is 12.5. The molecule has 23 heavy (non-hydrogen) atoms. The van der Waals surface area contributed by atoms with Crippen molar-refractivity contribution in [1.82, 2.24) is 4.90 Å². The summed E-state index contributed by atoms with van der Waals surface area (Å²) < 4.78 is 0. The average molecular weight is 309 g/mol. The highest BCUT2D eigenvalue weighted by atomic mass is 16.2. The van der Waals surface area contributed by atoms with Crippen molar-refractivity contribution >= 4 is 11.7 Å². The van der Waals surface area contributed by atoms with Crippen molar-refractivity contribution < 1.29 is 9.59 Å². The van der Waals surface area contributed by atoms with E-state index in [2.05, 4.69) is 13.0 Å². The van der Waals surface area contributed by atoms with Crippen LogP contribution in [0, 0.1) is 0 Å². The third-order valence-electron chi connectivity index (χ3n) is 4.79. The van der Waals surface area contributed by atoms with E-state index in [1.54, 1.807) is 0 Å². The smallest absolute Gasteiger partial charge is 0.223 e. The maximum absolute atomic E-state index is 12.5. The fraction of sp³-hybridized carbons (Fsp3) is 0.400. The fourth-order valence-electron chi connectivity index (χ4n) is 3.67. The topological polar surface area (TPSA) is 37.4 Å². The summed E-state index contributed by atoms with van der Waals surface area (Å²) in [6.45, 7) is 4.54. The highest BCUT2D eigenvalue weighted by Gasteiger charge is 2.44. The van der Waals surface area contributed by atoms with Crippen molar-refractivity contribution in [3.05, 3.63) is 59.2 Å². The molecule has 1 fully saturated rings. The van der Waals surface area contributed by atoms with Crippen molar-refractivity contribution in [3.8, 4) is 0 Å². The van der Waals surface area contributed by atoms with Crippen molar-refractivity contribution in [2.75, 3.05) is 0 Å². The van der Waals surface area contributed by atoms with E-state index >= 15 is 0 Å². The highest BCUT2D eigenvalue weighted by molar-refractivity contribution is 6.09. The van der Waals surface area contributed by atoms with Crippen LogP contribution in [0.3, 0.4) is 0 Å². The summed E-state index contributed by atoms with van der Waals surface area (Å²) in [5.74, 6) is 0.302. The second-order valence-corrected chi connectivity index (χ2v) is 6.53. The molecule has 1 amide bonds. The number of amides is 1. The van der Waals surface area contributed by atoms with Crippen LogP contribution in [0.15, 0.2) is 53.6 Å². The Morgan fingerprint density at radius 2 is 1.87 bits per heavy atom. The molecule has 3 rings (SSSR count). The van der Waals surface area contributed by atoms with Gasteiger partial charge in [-0.1, -0.05) is 43.7 Å². The Morgan fingerprint density at radius 1 is 1.13 bits per heavy atom. The second kappa shape index (κ2) is 6.15. The molecule has 1 saturated heterocycles. The van der Waals surface area contributed by atoms with Crippen LogP contribution in [-0.4, -0.2) is 22.1 Å². The first-order chi connectivity index (χ1) is 11.1. The van der Waals surface area contributed by atoms with Gasteiger partial charge in [0.1, 0.15) is 0 Å². The Labute approximate surface area is 137 Å². The molecule has 1 aliphatic heterocycles. The molecule has 0 saturated carbocycles. The molecule has 1 unspecified atom stereocenters. The zero-order valence-electron chi connectivity index (χ0n) is 13.8. The Morgan fingerprint density at radius 3 is 2.57 bits per heavy atom. The Balaban J connectivity index is 1.98. The number of likely N-dealkylation sites (tertiary alicyclic amines) is 1. The molecule has 1 aromatic rings. The van der Waals surface area contributed by atoms with E-state index < -0.39 is 5.54 Å². The summed E-state index contributed by atoms with van der Waals surface area (Å²) in [4.78, 5) is 26.8. The number of allylic oxidation sites excluding steroid dienone is 2. The van der Waals surface area contributed by atoms with Crippen LogP contribution >= 0.6 is 0 Å². The highest BCUT2D eigenvalue weighted by Crippen LogP contribution is 2.39. The molecule has 120 valence electrons. The minimum atomic E-state index is -0.421. The molecule has 0 radical (unpaired) electrons. The molecular weight excluding hydrogens is 286 g/mol. The van der Waals surface area contributed by atoms with Gasteiger partial charge in [-0.05, 0) is 48.6 Å². The fourth-order valence-corrected chi connectivity index (χ4v) is 3.67. The molecule has 0 aromatic heterocycles. The lowest BCUT2D eigenvalue weighted by Gasteiger charge is -2.37. The van der Waals surface area contributed by atoms with Crippen LogP contribution in [-0.2, 0) is 16.1 Å². The first-order valence-electron chi connectivity index (χ1n) is 8.36. The average Bonchev–Trinajstić information content (AvgIpc) is 2.83. The van der Waals surface area contributed by atoms with Crippen LogP contribution in [0.4, 0.5) is 0 Å². The van der Waals surface area contributed by atoms with Crippen LogP contribution < -0.4 is 0 Å². The normalized spacial score (nSPS) is 24.2. The number of hydrogen-bond acceptors (Lipinski definition) is 2. The van der Waals surface area contributed by atoms with E-state index in [4.69, 9.17) is 0 Å². The maximum Gasteiger partial charge on any atom is 0.223 e. The van der Waals surface area contributed by atoms with Crippen LogP contribution in [0.2, 0.25) is 0 Å². The summed E-state index contributed by atoms with van der Waals surface area (Å²) in [7, 11) is 0. The third kappa shape index (κ3) is 2.88. The lowest BCUT2D eigenvalue weighted by atomic mass is 9.82. The molecule has 1 spiro atoms. The molecule has 3 nitrogen and oxygen atoms in total. The summed E-state index contributed by atoms with van der Waals surface area (Å²) in [5.41, 5.74) is 2.33. The van der Waals surface area contributed by atoms with Crippen molar-refractivity contribution in [2.45, 2.75) is 51.6 Å². The van der Waals surface area contributed by atoms with E-state index in [1.807, 2.05) is 48.2 Å². The molecular formula is C20H23NO2. The van der Waals surface area contributed by atoms with Crippen molar-refractivity contribution in [3.63, 3.8) is 0 Å². The monoisotopic (exact) mass is 309 g/mol. The van der Waals surface area contributed by atoms with E-state index in [0.29, 0.717) is 13.0 Å². The predicted molar refractivity (Wildman–Crippen MR) is 90.7 cm³/mol. The molecule has 0 bridgehead atoms. The minimum Gasteiger partial charge on any atom is -0.326 e. The lowest BCUT2D eigenvalue weighted by Crippen LogP contribution is -2.44. The lowest BCUT2D eigenvalue weighted by molar-refractivity contribution is -0.130. The number of nitrogens with zero attached hydrogens (tertiary/aromatic N) is 1. The van der Waals surface area contributed by atoms with Gasteiger partial charge in [-0.15, -0.1) is 0 Å². The summed E-state index contributed by atoms with van der Waals surface area (Å²) >= 11 is 0. The molecule has 1 aliphatic carbocycles. The van der Waals surface area contributed by atoms with Crippen molar-refractivity contribution in [2.24, 2.45) is 0 Å². The van der Waals surface area contributed by atoms with E-state index in [9.17, 15) is 9.59 Å². The number of carbonyl (C=O) groups excluding carboxylic acids is 2. The molecule has 1 aromatic carbocycles. The van der Waals surface area contributed by atoms with Gasteiger partial charge in [0, 0.05) is 13.0 Å². The van der Waals surface area contributed by atoms with Gasteiger partial charge in [-0.2, -0.15) is 0 Å². The number of Topliss-reactive ketones (excluding diaryl/α,β-unsaturated/α-hetero) is 1. The second-order valence-electron chi connectivity index (χ2n) is 6.53. The molecule has 1 atom stereocenters. The van der Waals surface area contributed by atoms with Crippen LogP contribution in [0.5, 0.6) is 0 Å². The van der Waals surface area contributed by atoms with Gasteiger partial charge in [0.25, 0.3) is 0 Å². The van der Waals surface area contributed by atoms with Crippen molar-refractivity contribution in [1.29, 1.82) is 0 Å². The zero-order chi connectivity index (χ0) is 16.4. The molecule has 2 aliphatic rings. The van der Waals surface area contributed by atoms with Gasteiger partial charge in [0.2, 0.25) is 5.91 Å². The number of carbonyl (C=O) groups is 2. The standard InChI is InChI=1S/C20H23NO2/c1-3-7-17-13-20(12-15(2)19(17)23)11-10-18(22)21(20)14-16-8-5-4-6-9-16/h4-6,8-9,12-13H,3,7,10-11,14H2,1-2H3. The van der Waals surface area contributed by atoms with Gasteiger partial charge >= 0.3 is 0 Å². The minimum absolute atomic E-state index is 0.136. The molecule has 3 heteroatoms. The van der Waals surface area contributed by atoms with Gasteiger partial charge in [-0.3, -0.25) is 9.59 Å². The quantitative estimate of drug-likeness (QED) is 0.848. The van der Waals surface area contributed by atoms with E-state index in [1.165, 1.54) is 0 Å². The number of benzene rings is 1. The van der Waals surface area contributed by atoms with Gasteiger partial charge in [-0.25, -0.2) is 0 Å². The van der Waals surface area contributed by atoms with Gasteiger partial charge in [0.15, 0.2) is 5.78 Å². The third-order valence-corrected chi connectivity index (χ3v) is 4.79. The Bertz CT molecular complexity index is 687. The van der Waals surface area contributed by atoms with E-state index in [0.717, 1.165) is 36.0 Å². The Hall–Kier alpha value is -2.16. The zero-order valence-corrected chi connectivity index (χ0v) is 13.8. The molecule has 1 heterocycles. The summed E-state index contributed by atoms with van der Waals surface area (Å²) in [6.07, 6.45) is 7.08. The number of rotatable bonds is 4.